The second kappa shape index (κ2) is 10.1. The van der Waals surface area contributed by atoms with E-state index in [1.807, 2.05) is 18.5 Å². The van der Waals surface area contributed by atoms with Crippen molar-refractivity contribution in [2.24, 2.45) is 12.0 Å². The zero-order valence-electron chi connectivity index (χ0n) is 19.3. The Labute approximate surface area is 181 Å². The van der Waals surface area contributed by atoms with Crippen molar-refractivity contribution in [3.63, 3.8) is 0 Å². The minimum Gasteiger partial charge on any atom is -0.356 e. The summed E-state index contributed by atoms with van der Waals surface area (Å²) in [5, 5.41) is 15.7. The monoisotopic (exact) mass is 410 g/mol. The minimum atomic E-state index is 0.00263. The molecule has 6 nitrogen and oxygen atoms in total. The lowest BCUT2D eigenvalue weighted by Crippen LogP contribution is -2.47. The molecule has 6 heteroatoms. The third-order valence-corrected chi connectivity index (χ3v) is 6.35. The molecule has 0 radical (unpaired) electrons. The first-order valence-electron chi connectivity index (χ1n) is 11.4. The molecule has 1 saturated carbocycles. The Morgan fingerprint density at radius 3 is 2.43 bits per heavy atom. The number of aliphatic imine (C=N–C) groups is 1. The summed E-state index contributed by atoms with van der Waals surface area (Å²) in [6, 6.07) is 9.49. The topological polar surface area (TPSA) is 67.1 Å². The van der Waals surface area contributed by atoms with E-state index in [4.69, 9.17) is 4.99 Å². The largest absolute Gasteiger partial charge is 0.356 e. The van der Waals surface area contributed by atoms with Crippen molar-refractivity contribution < 1.29 is 0 Å². The van der Waals surface area contributed by atoms with E-state index in [0.717, 1.165) is 30.6 Å². The summed E-state index contributed by atoms with van der Waals surface area (Å²) in [6.07, 6.45) is 7.43. The third-order valence-electron chi connectivity index (χ3n) is 6.35. The van der Waals surface area contributed by atoms with Crippen LogP contribution in [0.4, 0.5) is 0 Å². The van der Waals surface area contributed by atoms with Crippen molar-refractivity contribution in [1.29, 1.82) is 0 Å². The molecule has 0 atom stereocenters. The summed E-state index contributed by atoms with van der Waals surface area (Å²) in [7, 11) is 1.99. The average Bonchev–Trinajstić information content (AvgIpc) is 3.08. The van der Waals surface area contributed by atoms with Crippen LogP contribution < -0.4 is 10.6 Å². The number of aryl methyl sites for hydroxylation is 2. The van der Waals surface area contributed by atoms with Gasteiger partial charge in [0.1, 0.15) is 12.4 Å². The number of nitrogens with zero attached hydrogens (tertiary/aromatic N) is 4. The molecule has 1 aliphatic rings. The molecule has 2 aromatic rings. The van der Waals surface area contributed by atoms with E-state index in [1.165, 1.54) is 43.2 Å². The molecule has 0 saturated heterocycles. The first kappa shape index (κ1) is 22.3. The van der Waals surface area contributed by atoms with Gasteiger partial charge >= 0.3 is 0 Å². The quantitative estimate of drug-likeness (QED) is 0.534. The number of nitrogens with one attached hydrogen (secondary N) is 2. The fraction of sp³-hybridized carbons (Fsp3) is 0.625. The van der Waals surface area contributed by atoms with Gasteiger partial charge < -0.3 is 15.2 Å². The van der Waals surface area contributed by atoms with E-state index in [9.17, 15) is 0 Å². The van der Waals surface area contributed by atoms with Gasteiger partial charge in [0.15, 0.2) is 11.8 Å². The van der Waals surface area contributed by atoms with Crippen molar-refractivity contribution in [1.82, 2.24) is 25.4 Å². The van der Waals surface area contributed by atoms with Crippen LogP contribution in [-0.4, -0.2) is 33.3 Å². The number of guanidine groups is 1. The summed E-state index contributed by atoms with van der Waals surface area (Å²) in [5.41, 5.74) is 2.72. The maximum atomic E-state index is 4.86. The van der Waals surface area contributed by atoms with Crippen molar-refractivity contribution in [3.8, 4) is 0 Å². The molecule has 1 aliphatic carbocycles. The molecule has 1 aromatic heterocycles. The SMILES string of the molecule is CCc1ccc(C(C)(C)CNC(=NCc2nnc(C)n2C)NC2CCCCC2)cc1. The fourth-order valence-electron chi connectivity index (χ4n) is 3.93. The van der Waals surface area contributed by atoms with Crippen molar-refractivity contribution in [2.75, 3.05) is 6.54 Å². The van der Waals surface area contributed by atoms with Crippen LogP contribution in [0.3, 0.4) is 0 Å². The van der Waals surface area contributed by atoms with Gasteiger partial charge in [0.2, 0.25) is 0 Å². The summed E-state index contributed by atoms with van der Waals surface area (Å²) < 4.78 is 2.00. The van der Waals surface area contributed by atoms with Gasteiger partial charge in [-0.2, -0.15) is 0 Å². The highest BCUT2D eigenvalue weighted by molar-refractivity contribution is 5.80. The predicted octanol–water partition coefficient (Wildman–Crippen LogP) is 4.03. The highest BCUT2D eigenvalue weighted by Crippen LogP contribution is 2.23. The lowest BCUT2D eigenvalue weighted by molar-refractivity contribution is 0.407. The smallest absolute Gasteiger partial charge is 0.191 e. The molecule has 3 rings (SSSR count). The maximum Gasteiger partial charge on any atom is 0.191 e. The van der Waals surface area contributed by atoms with E-state index in [-0.39, 0.29) is 5.41 Å². The van der Waals surface area contributed by atoms with Gasteiger partial charge in [-0.25, -0.2) is 4.99 Å². The fourth-order valence-corrected chi connectivity index (χ4v) is 3.93. The Bertz CT molecular complexity index is 828. The van der Waals surface area contributed by atoms with Crippen LogP contribution >= 0.6 is 0 Å². The number of hydrogen-bond acceptors (Lipinski definition) is 3. The van der Waals surface area contributed by atoms with Crippen LogP contribution in [0.2, 0.25) is 0 Å². The molecule has 30 heavy (non-hydrogen) atoms. The second-order valence-corrected chi connectivity index (χ2v) is 9.15. The van der Waals surface area contributed by atoms with Gasteiger partial charge in [0, 0.05) is 25.0 Å². The molecule has 0 bridgehead atoms. The average molecular weight is 411 g/mol. The Hall–Kier alpha value is -2.37. The van der Waals surface area contributed by atoms with Crippen molar-refractivity contribution in [3.05, 3.63) is 47.0 Å². The first-order valence-corrected chi connectivity index (χ1v) is 11.4. The van der Waals surface area contributed by atoms with Crippen LogP contribution in [0, 0.1) is 6.92 Å². The highest BCUT2D eigenvalue weighted by atomic mass is 15.3. The molecular weight excluding hydrogens is 372 g/mol. The van der Waals surface area contributed by atoms with E-state index in [0.29, 0.717) is 12.6 Å². The second-order valence-electron chi connectivity index (χ2n) is 9.15. The van der Waals surface area contributed by atoms with Gasteiger partial charge in [0.25, 0.3) is 0 Å². The minimum absolute atomic E-state index is 0.00263. The van der Waals surface area contributed by atoms with E-state index < -0.39 is 0 Å². The number of rotatable bonds is 7. The highest BCUT2D eigenvalue weighted by Gasteiger charge is 2.22. The Balaban J connectivity index is 1.69. The zero-order chi connectivity index (χ0) is 21.6. The molecule has 164 valence electrons. The normalized spacial score (nSPS) is 16.0. The number of aromatic nitrogens is 3. The third kappa shape index (κ3) is 5.83. The van der Waals surface area contributed by atoms with Crippen molar-refractivity contribution in [2.45, 2.75) is 84.2 Å². The molecule has 0 spiro atoms. The van der Waals surface area contributed by atoms with Gasteiger partial charge in [-0.3, -0.25) is 0 Å². The lowest BCUT2D eigenvalue weighted by Gasteiger charge is -2.29. The molecule has 0 amide bonds. The van der Waals surface area contributed by atoms with E-state index in [2.05, 4.69) is 65.9 Å². The molecule has 0 aliphatic heterocycles. The summed E-state index contributed by atoms with van der Waals surface area (Å²) in [5.74, 6) is 2.67. The lowest BCUT2D eigenvalue weighted by atomic mass is 9.84. The van der Waals surface area contributed by atoms with Gasteiger partial charge in [-0.15, -0.1) is 10.2 Å². The van der Waals surface area contributed by atoms with E-state index >= 15 is 0 Å². The predicted molar refractivity (Wildman–Crippen MR) is 124 cm³/mol. The number of hydrogen-bond donors (Lipinski definition) is 2. The first-order chi connectivity index (χ1) is 14.4. The van der Waals surface area contributed by atoms with Crippen LogP contribution in [0.1, 0.15) is 75.7 Å². The van der Waals surface area contributed by atoms with Crippen LogP contribution in [0.15, 0.2) is 29.3 Å². The zero-order valence-corrected chi connectivity index (χ0v) is 19.3. The van der Waals surface area contributed by atoms with E-state index in [1.54, 1.807) is 0 Å². The molecule has 2 N–H and O–H groups in total. The summed E-state index contributed by atoms with van der Waals surface area (Å²) in [4.78, 5) is 4.86. The Morgan fingerprint density at radius 2 is 1.83 bits per heavy atom. The van der Waals surface area contributed by atoms with Gasteiger partial charge in [-0.05, 0) is 37.3 Å². The van der Waals surface area contributed by atoms with Gasteiger partial charge in [-0.1, -0.05) is 64.3 Å². The number of benzene rings is 1. The summed E-state index contributed by atoms with van der Waals surface area (Å²) >= 11 is 0. The Morgan fingerprint density at radius 1 is 1.13 bits per heavy atom. The Kier molecular flexibility index (Phi) is 7.51. The van der Waals surface area contributed by atoms with Crippen LogP contribution in [0.5, 0.6) is 0 Å². The molecule has 1 heterocycles. The van der Waals surface area contributed by atoms with Crippen LogP contribution in [-0.2, 0) is 25.4 Å². The molecule has 1 aromatic carbocycles. The van der Waals surface area contributed by atoms with Crippen molar-refractivity contribution >= 4 is 5.96 Å². The van der Waals surface area contributed by atoms with Gasteiger partial charge in [0.05, 0.1) is 0 Å². The van der Waals surface area contributed by atoms with Crippen LogP contribution in [0.25, 0.3) is 0 Å². The molecule has 1 fully saturated rings. The molecular formula is C24H38N6. The maximum absolute atomic E-state index is 4.86. The standard InChI is InChI=1S/C24H38N6/c1-6-19-12-14-20(15-13-19)24(3,4)17-26-23(27-21-10-8-7-9-11-21)25-16-22-29-28-18(2)30(22)5/h12-15,21H,6-11,16-17H2,1-5H3,(H2,25,26,27). The molecule has 0 unspecified atom stereocenters. The summed E-state index contributed by atoms with van der Waals surface area (Å²) in [6.45, 7) is 10.1.